The van der Waals surface area contributed by atoms with Crippen LogP contribution in [-0.2, 0) is 4.74 Å². The lowest BCUT2D eigenvalue weighted by atomic mass is 9.95. The number of methoxy groups -OCH3 is 2. The van der Waals surface area contributed by atoms with Crippen LogP contribution in [-0.4, -0.2) is 20.2 Å². The Balaban J connectivity index is 3.04. The molecule has 0 aromatic heterocycles. The monoisotopic (exact) mass is 236 g/mol. The first-order valence-electron chi connectivity index (χ1n) is 5.90. The van der Waals surface area contributed by atoms with E-state index in [1.165, 1.54) is 12.7 Å². The maximum atomic E-state index is 11.5. The Kier molecular flexibility index (Phi) is 5.01. The second kappa shape index (κ2) is 6.28. The van der Waals surface area contributed by atoms with Gasteiger partial charge in [-0.3, -0.25) is 0 Å². The largest absolute Gasteiger partial charge is 0.496 e. The Morgan fingerprint density at radius 2 is 2.06 bits per heavy atom. The van der Waals surface area contributed by atoms with Crippen LogP contribution in [0.1, 0.15) is 48.5 Å². The van der Waals surface area contributed by atoms with Crippen LogP contribution in [0.4, 0.5) is 0 Å². The number of benzene rings is 1. The molecule has 0 saturated heterocycles. The van der Waals surface area contributed by atoms with Gasteiger partial charge in [0.25, 0.3) is 0 Å². The molecule has 3 nitrogen and oxygen atoms in total. The summed E-state index contributed by atoms with van der Waals surface area (Å²) in [6, 6.07) is 5.66. The van der Waals surface area contributed by atoms with E-state index in [2.05, 4.69) is 13.8 Å². The van der Waals surface area contributed by atoms with E-state index in [0.29, 0.717) is 17.2 Å². The summed E-state index contributed by atoms with van der Waals surface area (Å²) in [5.74, 6) is 0.689. The third-order valence-electron chi connectivity index (χ3n) is 2.92. The van der Waals surface area contributed by atoms with E-state index in [4.69, 9.17) is 9.47 Å². The molecule has 0 bridgehead atoms. The van der Waals surface area contributed by atoms with Gasteiger partial charge in [-0.05, 0) is 30.0 Å². The minimum absolute atomic E-state index is 0.364. The third-order valence-corrected chi connectivity index (χ3v) is 2.92. The lowest BCUT2D eigenvalue weighted by Gasteiger charge is -2.13. The van der Waals surface area contributed by atoms with E-state index in [0.717, 1.165) is 12.8 Å². The van der Waals surface area contributed by atoms with E-state index < -0.39 is 0 Å². The van der Waals surface area contributed by atoms with Crippen molar-refractivity contribution >= 4 is 5.97 Å². The summed E-state index contributed by atoms with van der Waals surface area (Å²) in [7, 11) is 2.94. The Morgan fingerprint density at radius 1 is 1.35 bits per heavy atom. The molecule has 0 spiro atoms. The van der Waals surface area contributed by atoms with Gasteiger partial charge in [-0.1, -0.05) is 26.3 Å². The van der Waals surface area contributed by atoms with Crippen molar-refractivity contribution in [3.8, 4) is 5.75 Å². The minimum Gasteiger partial charge on any atom is -0.496 e. The molecular formula is C14H20O3. The fourth-order valence-corrected chi connectivity index (χ4v) is 1.89. The summed E-state index contributed by atoms with van der Waals surface area (Å²) in [6.45, 7) is 4.34. The SMILES string of the molecule is CCCC(C)c1ccc(C(=O)OC)c(OC)c1. The lowest BCUT2D eigenvalue weighted by Crippen LogP contribution is -2.05. The van der Waals surface area contributed by atoms with Gasteiger partial charge in [-0.2, -0.15) is 0 Å². The molecule has 1 rings (SSSR count). The van der Waals surface area contributed by atoms with Crippen LogP contribution in [0.3, 0.4) is 0 Å². The summed E-state index contributed by atoms with van der Waals surface area (Å²) in [5.41, 5.74) is 1.67. The highest BCUT2D eigenvalue weighted by Gasteiger charge is 2.14. The van der Waals surface area contributed by atoms with E-state index in [-0.39, 0.29) is 5.97 Å². The van der Waals surface area contributed by atoms with Gasteiger partial charge in [0.05, 0.1) is 14.2 Å². The number of ether oxygens (including phenoxy) is 2. The van der Waals surface area contributed by atoms with Crippen molar-refractivity contribution in [3.63, 3.8) is 0 Å². The molecule has 0 aliphatic heterocycles. The van der Waals surface area contributed by atoms with Crippen LogP contribution in [0, 0.1) is 0 Å². The molecule has 0 N–H and O–H groups in total. The van der Waals surface area contributed by atoms with Crippen molar-refractivity contribution < 1.29 is 14.3 Å². The molecule has 17 heavy (non-hydrogen) atoms. The fraction of sp³-hybridized carbons (Fsp3) is 0.500. The number of esters is 1. The smallest absolute Gasteiger partial charge is 0.341 e. The molecule has 0 radical (unpaired) electrons. The number of hydrogen-bond donors (Lipinski definition) is 0. The van der Waals surface area contributed by atoms with Gasteiger partial charge in [0.2, 0.25) is 0 Å². The van der Waals surface area contributed by atoms with Gasteiger partial charge >= 0.3 is 5.97 Å². The summed E-state index contributed by atoms with van der Waals surface area (Å²) in [4.78, 5) is 11.5. The average molecular weight is 236 g/mol. The summed E-state index contributed by atoms with van der Waals surface area (Å²) >= 11 is 0. The molecule has 1 aromatic carbocycles. The molecular weight excluding hydrogens is 216 g/mol. The molecule has 0 heterocycles. The highest BCUT2D eigenvalue weighted by Crippen LogP contribution is 2.27. The zero-order valence-electron chi connectivity index (χ0n) is 10.9. The van der Waals surface area contributed by atoms with E-state index in [1.807, 2.05) is 12.1 Å². The quantitative estimate of drug-likeness (QED) is 0.735. The highest BCUT2D eigenvalue weighted by molar-refractivity contribution is 5.92. The summed E-state index contributed by atoms with van der Waals surface area (Å²) in [5, 5.41) is 0. The maximum Gasteiger partial charge on any atom is 0.341 e. The first kappa shape index (κ1) is 13.6. The molecule has 0 amide bonds. The first-order valence-corrected chi connectivity index (χ1v) is 5.90. The van der Waals surface area contributed by atoms with Crippen LogP contribution in [0.15, 0.2) is 18.2 Å². The van der Waals surface area contributed by atoms with Crippen LogP contribution in [0.5, 0.6) is 5.75 Å². The van der Waals surface area contributed by atoms with Gasteiger partial charge in [0.15, 0.2) is 0 Å². The average Bonchev–Trinajstić information content (AvgIpc) is 2.37. The minimum atomic E-state index is -0.364. The Morgan fingerprint density at radius 3 is 2.59 bits per heavy atom. The molecule has 0 saturated carbocycles. The van der Waals surface area contributed by atoms with Crippen molar-refractivity contribution in [3.05, 3.63) is 29.3 Å². The van der Waals surface area contributed by atoms with Crippen molar-refractivity contribution in [2.24, 2.45) is 0 Å². The van der Waals surface area contributed by atoms with Crippen LogP contribution in [0.2, 0.25) is 0 Å². The van der Waals surface area contributed by atoms with Crippen molar-refractivity contribution in [1.82, 2.24) is 0 Å². The van der Waals surface area contributed by atoms with Crippen molar-refractivity contribution in [2.75, 3.05) is 14.2 Å². The third kappa shape index (κ3) is 3.22. The first-order chi connectivity index (χ1) is 8.13. The molecule has 0 aliphatic carbocycles. The Labute approximate surface area is 103 Å². The van der Waals surface area contributed by atoms with Gasteiger partial charge in [0.1, 0.15) is 11.3 Å². The standard InChI is InChI=1S/C14H20O3/c1-5-6-10(2)11-7-8-12(14(15)17-4)13(9-11)16-3/h7-10H,5-6H2,1-4H3. The highest BCUT2D eigenvalue weighted by atomic mass is 16.5. The molecule has 1 aromatic rings. The summed E-state index contributed by atoms with van der Waals surface area (Å²) < 4.78 is 9.94. The Hall–Kier alpha value is -1.51. The van der Waals surface area contributed by atoms with Crippen LogP contribution < -0.4 is 4.74 Å². The Bertz CT molecular complexity index is 385. The molecule has 94 valence electrons. The number of carbonyl (C=O) groups is 1. The summed E-state index contributed by atoms with van der Waals surface area (Å²) in [6.07, 6.45) is 2.27. The van der Waals surface area contributed by atoms with Gasteiger partial charge in [-0.25, -0.2) is 4.79 Å². The van der Waals surface area contributed by atoms with E-state index >= 15 is 0 Å². The maximum absolute atomic E-state index is 11.5. The van der Waals surface area contributed by atoms with Crippen LogP contribution >= 0.6 is 0 Å². The van der Waals surface area contributed by atoms with Crippen molar-refractivity contribution in [1.29, 1.82) is 0 Å². The lowest BCUT2D eigenvalue weighted by molar-refractivity contribution is 0.0597. The zero-order valence-corrected chi connectivity index (χ0v) is 10.9. The number of hydrogen-bond acceptors (Lipinski definition) is 3. The van der Waals surface area contributed by atoms with Gasteiger partial charge < -0.3 is 9.47 Å². The molecule has 1 unspecified atom stereocenters. The van der Waals surface area contributed by atoms with E-state index in [1.54, 1.807) is 13.2 Å². The number of rotatable bonds is 5. The molecule has 0 fully saturated rings. The van der Waals surface area contributed by atoms with E-state index in [9.17, 15) is 4.79 Å². The second-order valence-electron chi connectivity index (χ2n) is 4.14. The fourth-order valence-electron chi connectivity index (χ4n) is 1.89. The molecule has 0 aliphatic rings. The second-order valence-corrected chi connectivity index (χ2v) is 4.14. The number of carbonyl (C=O) groups excluding carboxylic acids is 1. The molecule has 1 atom stereocenters. The zero-order chi connectivity index (χ0) is 12.8. The normalized spacial score (nSPS) is 12.0. The van der Waals surface area contributed by atoms with Crippen molar-refractivity contribution in [2.45, 2.75) is 32.6 Å². The predicted molar refractivity (Wildman–Crippen MR) is 67.7 cm³/mol. The predicted octanol–water partition coefficient (Wildman–Crippen LogP) is 3.39. The topological polar surface area (TPSA) is 35.5 Å². The van der Waals surface area contributed by atoms with Gasteiger partial charge in [-0.15, -0.1) is 0 Å². The van der Waals surface area contributed by atoms with Crippen LogP contribution in [0.25, 0.3) is 0 Å². The van der Waals surface area contributed by atoms with Gasteiger partial charge in [0, 0.05) is 0 Å². The molecule has 3 heteroatoms.